The Morgan fingerprint density at radius 2 is 1.97 bits per heavy atom. The summed E-state index contributed by atoms with van der Waals surface area (Å²) in [5.74, 6) is -1.31. The van der Waals surface area contributed by atoms with E-state index in [9.17, 15) is 15.0 Å². The van der Waals surface area contributed by atoms with Crippen molar-refractivity contribution in [3.63, 3.8) is 0 Å². The van der Waals surface area contributed by atoms with Crippen LogP contribution in [0.2, 0.25) is 0 Å². The van der Waals surface area contributed by atoms with Crippen LogP contribution in [-0.2, 0) is 6.42 Å². The fourth-order valence-electron chi connectivity index (χ4n) is 4.07. The summed E-state index contributed by atoms with van der Waals surface area (Å²) in [5, 5.41) is 19.9. The average Bonchev–Trinajstić information content (AvgIpc) is 3.13. The average molecular weight is 390 g/mol. The van der Waals surface area contributed by atoms with E-state index in [1.54, 1.807) is 6.07 Å². The number of benzene rings is 2. The van der Waals surface area contributed by atoms with Crippen LogP contribution in [0.3, 0.4) is 0 Å². The van der Waals surface area contributed by atoms with Gasteiger partial charge in [0.15, 0.2) is 0 Å². The molecule has 29 heavy (non-hydrogen) atoms. The summed E-state index contributed by atoms with van der Waals surface area (Å²) in [6.07, 6.45) is 8.40. The Bertz CT molecular complexity index is 1040. The summed E-state index contributed by atoms with van der Waals surface area (Å²) >= 11 is 0. The lowest BCUT2D eigenvalue weighted by atomic mass is 9.99. The Morgan fingerprint density at radius 3 is 2.69 bits per heavy atom. The van der Waals surface area contributed by atoms with Gasteiger partial charge in [0.25, 0.3) is 0 Å². The van der Waals surface area contributed by atoms with E-state index in [2.05, 4.69) is 46.3 Å². The molecule has 2 heterocycles. The van der Waals surface area contributed by atoms with E-state index in [0.29, 0.717) is 0 Å². The lowest BCUT2D eigenvalue weighted by Gasteiger charge is -2.26. The Kier molecular flexibility index (Phi) is 5.67. The first kappa shape index (κ1) is 19.3. The molecule has 0 saturated carbocycles. The number of aromatic carboxylic acids is 1. The molecule has 1 aliphatic heterocycles. The van der Waals surface area contributed by atoms with Gasteiger partial charge >= 0.3 is 5.97 Å². The molecule has 0 atom stereocenters. The third kappa shape index (κ3) is 4.35. The second-order valence-electron chi connectivity index (χ2n) is 7.64. The Balaban J connectivity index is 1.30. The summed E-state index contributed by atoms with van der Waals surface area (Å²) in [6.45, 7) is 3.16. The number of rotatable bonds is 7. The van der Waals surface area contributed by atoms with E-state index in [4.69, 9.17) is 0 Å². The van der Waals surface area contributed by atoms with Crippen molar-refractivity contribution >= 4 is 22.4 Å². The van der Waals surface area contributed by atoms with Crippen molar-refractivity contribution in [1.29, 1.82) is 0 Å². The lowest BCUT2D eigenvalue weighted by Crippen LogP contribution is -2.29. The maximum absolute atomic E-state index is 11.3. The summed E-state index contributed by atoms with van der Waals surface area (Å²) in [5.41, 5.74) is 4.61. The first-order chi connectivity index (χ1) is 14.1. The number of aromatic hydroxyl groups is 1. The fourth-order valence-corrected chi connectivity index (χ4v) is 4.07. The van der Waals surface area contributed by atoms with E-state index in [1.165, 1.54) is 17.2 Å². The molecule has 150 valence electrons. The topological polar surface area (TPSA) is 76.6 Å². The number of phenols is 1. The van der Waals surface area contributed by atoms with Gasteiger partial charge in [0.2, 0.25) is 0 Å². The predicted octanol–water partition coefficient (Wildman–Crippen LogP) is 4.68. The first-order valence-electron chi connectivity index (χ1n) is 10.1. The number of H-pyrrole nitrogens is 1. The maximum Gasteiger partial charge on any atom is 0.339 e. The second kappa shape index (κ2) is 8.53. The first-order valence-corrected chi connectivity index (χ1v) is 10.1. The normalized spacial score (nSPS) is 14.8. The quantitative estimate of drug-likeness (QED) is 0.512. The molecule has 3 N–H and O–H groups in total. The van der Waals surface area contributed by atoms with Gasteiger partial charge in [-0.3, -0.25) is 4.90 Å². The Labute approximate surface area is 170 Å². The van der Waals surface area contributed by atoms with Crippen LogP contribution in [0.15, 0.2) is 54.7 Å². The van der Waals surface area contributed by atoms with E-state index in [0.717, 1.165) is 61.8 Å². The SMILES string of the molecule is O=C(O)c1cc2c(CCCCN3CC=C(c4ccccc4)CC3)c[nH]c2cc1O. The smallest absolute Gasteiger partial charge is 0.339 e. The molecular formula is C24H26N2O3. The number of hydrogen-bond donors (Lipinski definition) is 3. The van der Waals surface area contributed by atoms with E-state index < -0.39 is 5.97 Å². The Hall–Kier alpha value is -3.05. The van der Waals surface area contributed by atoms with Gasteiger partial charge in [0.1, 0.15) is 11.3 Å². The third-order valence-electron chi connectivity index (χ3n) is 5.72. The van der Waals surface area contributed by atoms with Gasteiger partial charge in [-0.2, -0.15) is 0 Å². The molecule has 5 nitrogen and oxygen atoms in total. The van der Waals surface area contributed by atoms with Crippen LogP contribution in [-0.4, -0.2) is 45.7 Å². The molecule has 0 aliphatic carbocycles. The summed E-state index contributed by atoms with van der Waals surface area (Å²) in [6, 6.07) is 13.7. The predicted molar refractivity (Wildman–Crippen MR) is 115 cm³/mol. The van der Waals surface area contributed by atoms with Gasteiger partial charge in [0.05, 0.1) is 0 Å². The van der Waals surface area contributed by atoms with Crippen LogP contribution in [0, 0.1) is 0 Å². The van der Waals surface area contributed by atoms with Crippen molar-refractivity contribution < 1.29 is 15.0 Å². The van der Waals surface area contributed by atoms with Crippen molar-refractivity contribution in [3.05, 3.63) is 71.4 Å². The van der Waals surface area contributed by atoms with Crippen molar-refractivity contribution in [2.24, 2.45) is 0 Å². The maximum atomic E-state index is 11.3. The highest BCUT2D eigenvalue weighted by atomic mass is 16.4. The molecule has 5 heteroatoms. The number of aryl methyl sites for hydroxylation is 1. The minimum absolute atomic E-state index is 0.0484. The van der Waals surface area contributed by atoms with Gasteiger partial charge in [-0.05, 0) is 55.0 Å². The lowest BCUT2D eigenvalue weighted by molar-refractivity contribution is 0.0694. The molecule has 0 fully saturated rings. The second-order valence-corrected chi connectivity index (χ2v) is 7.64. The molecule has 1 aliphatic rings. The number of carbonyl (C=O) groups is 1. The summed E-state index contributed by atoms with van der Waals surface area (Å²) in [7, 11) is 0. The van der Waals surface area contributed by atoms with E-state index in [1.807, 2.05) is 6.20 Å². The largest absolute Gasteiger partial charge is 0.507 e. The number of unbranched alkanes of at least 4 members (excludes halogenated alkanes) is 1. The molecule has 0 bridgehead atoms. The molecule has 0 saturated heterocycles. The minimum atomic E-state index is -1.11. The Morgan fingerprint density at radius 1 is 1.14 bits per heavy atom. The third-order valence-corrected chi connectivity index (χ3v) is 5.72. The van der Waals surface area contributed by atoms with E-state index in [-0.39, 0.29) is 11.3 Å². The van der Waals surface area contributed by atoms with Gasteiger partial charge in [0, 0.05) is 36.3 Å². The van der Waals surface area contributed by atoms with Gasteiger partial charge in [-0.15, -0.1) is 0 Å². The minimum Gasteiger partial charge on any atom is -0.507 e. The van der Waals surface area contributed by atoms with Crippen LogP contribution in [0.1, 0.15) is 40.7 Å². The number of nitrogens with zero attached hydrogens (tertiary/aromatic N) is 1. The number of aromatic nitrogens is 1. The molecule has 0 amide bonds. The van der Waals surface area contributed by atoms with Crippen molar-refractivity contribution in [2.75, 3.05) is 19.6 Å². The number of fused-ring (bicyclic) bond motifs is 1. The van der Waals surface area contributed by atoms with Crippen LogP contribution in [0.5, 0.6) is 5.75 Å². The van der Waals surface area contributed by atoms with Gasteiger partial charge < -0.3 is 15.2 Å². The molecule has 1 aromatic heterocycles. The molecular weight excluding hydrogens is 364 g/mol. The van der Waals surface area contributed by atoms with Gasteiger partial charge in [-0.1, -0.05) is 36.4 Å². The monoisotopic (exact) mass is 390 g/mol. The van der Waals surface area contributed by atoms with Crippen molar-refractivity contribution in [3.8, 4) is 5.75 Å². The molecule has 2 aromatic carbocycles. The standard InChI is InChI=1S/C24H26N2O3/c27-23-15-22-20(14-21(23)24(28)29)19(16-25-22)8-4-5-11-26-12-9-18(10-13-26)17-6-2-1-3-7-17/h1-3,6-7,9,14-16,25,27H,4-5,8,10-13H2,(H,28,29). The zero-order chi connectivity index (χ0) is 20.2. The highest BCUT2D eigenvalue weighted by Crippen LogP contribution is 2.28. The molecule has 4 rings (SSSR count). The number of nitrogens with one attached hydrogen (secondary N) is 1. The summed E-state index contributed by atoms with van der Waals surface area (Å²) in [4.78, 5) is 16.9. The molecule has 0 unspecified atom stereocenters. The molecule has 3 aromatic rings. The zero-order valence-corrected chi connectivity index (χ0v) is 16.4. The van der Waals surface area contributed by atoms with Crippen molar-refractivity contribution in [1.82, 2.24) is 9.88 Å². The van der Waals surface area contributed by atoms with Crippen LogP contribution < -0.4 is 0 Å². The van der Waals surface area contributed by atoms with Crippen LogP contribution in [0.4, 0.5) is 0 Å². The number of carboxylic acid groups (broad SMARTS) is 1. The number of hydrogen-bond acceptors (Lipinski definition) is 3. The van der Waals surface area contributed by atoms with Gasteiger partial charge in [-0.25, -0.2) is 4.79 Å². The molecule has 0 spiro atoms. The summed E-state index contributed by atoms with van der Waals surface area (Å²) < 4.78 is 0. The van der Waals surface area contributed by atoms with Crippen molar-refractivity contribution in [2.45, 2.75) is 25.7 Å². The fraction of sp³-hybridized carbons (Fsp3) is 0.292. The highest BCUT2D eigenvalue weighted by Gasteiger charge is 2.15. The zero-order valence-electron chi connectivity index (χ0n) is 16.4. The number of aromatic amines is 1. The highest BCUT2D eigenvalue weighted by molar-refractivity contribution is 5.97. The van der Waals surface area contributed by atoms with Crippen LogP contribution in [0.25, 0.3) is 16.5 Å². The van der Waals surface area contributed by atoms with Crippen LogP contribution >= 0.6 is 0 Å². The number of carboxylic acids is 1. The molecule has 0 radical (unpaired) electrons. The van der Waals surface area contributed by atoms with E-state index >= 15 is 0 Å².